The van der Waals surface area contributed by atoms with Crippen LogP contribution in [0, 0.1) is 0 Å². The number of hydrogen-bond donors (Lipinski definition) is 0. The molecule has 0 spiro atoms. The minimum absolute atomic E-state index is 0. The van der Waals surface area contributed by atoms with Crippen molar-refractivity contribution in [2.45, 2.75) is 32.6 Å². The maximum atomic E-state index is 11.5. The van der Waals surface area contributed by atoms with Crippen molar-refractivity contribution >= 4 is 5.78 Å². The van der Waals surface area contributed by atoms with Crippen molar-refractivity contribution in [3.8, 4) is 0 Å². The summed E-state index contributed by atoms with van der Waals surface area (Å²) in [7, 11) is 0. The monoisotopic (exact) mass is 310 g/mol. The SMILES string of the molecule is CCCCCC=CC(=O)[c-]1cccc1.[Fe].[cH-]1[cH-][cH-][cH-][cH-]1. The van der Waals surface area contributed by atoms with Crippen molar-refractivity contribution in [3.05, 3.63) is 72.3 Å². The third-order valence-electron chi connectivity index (χ3n) is 2.75. The summed E-state index contributed by atoms with van der Waals surface area (Å²) in [6, 6.07) is 17.5. The first kappa shape index (κ1) is 18.6. The third-order valence-corrected chi connectivity index (χ3v) is 2.75. The first-order chi connectivity index (χ1) is 9.34. The molecule has 0 saturated carbocycles. The first-order valence-electron chi connectivity index (χ1n) is 6.94. The van der Waals surface area contributed by atoms with E-state index < -0.39 is 0 Å². The predicted molar refractivity (Wildman–Crippen MR) is 81.7 cm³/mol. The maximum absolute atomic E-state index is 11.5. The van der Waals surface area contributed by atoms with Gasteiger partial charge in [0.05, 0.1) is 0 Å². The summed E-state index contributed by atoms with van der Waals surface area (Å²) in [6.07, 6.45) is 8.33. The second kappa shape index (κ2) is 12.7. The van der Waals surface area contributed by atoms with E-state index in [1.165, 1.54) is 19.3 Å². The van der Waals surface area contributed by atoms with E-state index in [1.54, 1.807) is 6.08 Å². The molecule has 20 heavy (non-hydrogen) atoms. The second-order valence-electron chi connectivity index (χ2n) is 4.40. The molecular formula is C18H22FeO-6. The molecule has 0 saturated heterocycles. The van der Waals surface area contributed by atoms with Gasteiger partial charge in [0.2, 0.25) is 0 Å². The fourth-order valence-corrected chi connectivity index (χ4v) is 1.66. The summed E-state index contributed by atoms with van der Waals surface area (Å²) in [5.41, 5.74) is 0.789. The molecule has 2 aromatic rings. The molecule has 2 heteroatoms. The van der Waals surface area contributed by atoms with Gasteiger partial charge in [0.15, 0.2) is 0 Å². The molecule has 1 nitrogen and oxygen atoms in total. The van der Waals surface area contributed by atoms with Crippen molar-refractivity contribution in [3.63, 3.8) is 0 Å². The van der Waals surface area contributed by atoms with Crippen LogP contribution in [0.3, 0.4) is 0 Å². The Balaban J connectivity index is 0.000000507. The van der Waals surface area contributed by atoms with Crippen LogP contribution < -0.4 is 0 Å². The van der Waals surface area contributed by atoms with Crippen molar-refractivity contribution in [1.29, 1.82) is 0 Å². The van der Waals surface area contributed by atoms with Gasteiger partial charge in [0.25, 0.3) is 0 Å². The van der Waals surface area contributed by atoms with E-state index in [2.05, 4.69) is 6.92 Å². The fraction of sp³-hybridized carbons (Fsp3) is 0.278. The molecule has 114 valence electrons. The van der Waals surface area contributed by atoms with Gasteiger partial charge in [-0.1, -0.05) is 37.8 Å². The molecule has 0 aliphatic rings. The first-order valence-corrected chi connectivity index (χ1v) is 6.94. The fourth-order valence-electron chi connectivity index (χ4n) is 1.66. The Labute approximate surface area is 132 Å². The van der Waals surface area contributed by atoms with Crippen LogP contribution in [0.15, 0.2) is 66.7 Å². The van der Waals surface area contributed by atoms with E-state index in [-0.39, 0.29) is 22.9 Å². The van der Waals surface area contributed by atoms with E-state index in [1.807, 2.05) is 60.7 Å². The second-order valence-corrected chi connectivity index (χ2v) is 4.40. The molecule has 0 aliphatic heterocycles. The Morgan fingerprint density at radius 1 is 1.05 bits per heavy atom. The van der Waals surface area contributed by atoms with E-state index in [0.29, 0.717) is 0 Å². The van der Waals surface area contributed by atoms with Crippen molar-refractivity contribution in [1.82, 2.24) is 0 Å². The number of ketones is 1. The molecular weight excluding hydrogens is 288 g/mol. The molecule has 0 atom stereocenters. The summed E-state index contributed by atoms with van der Waals surface area (Å²) >= 11 is 0. The standard InChI is InChI=1S/C13H17O.C5H5.Fe/c1-2-3-4-5-6-11-13(14)12-9-7-8-10-12;1-2-4-5-3-1;/h6-11H,2-5H2,1H3;1-5H;/q-1;-5;. The molecule has 0 amide bonds. The van der Waals surface area contributed by atoms with Crippen LogP contribution in [0.5, 0.6) is 0 Å². The smallest absolute Gasteiger partial charge is 0.105 e. The largest absolute Gasteiger partial charge is 0.748 e. The molecule has 2 rings (SSSR count). The Morgan fingerprint density at radius 2 is 1.60 bits per heavy atom. The summed E-state index contributed by atoms with van der Waals surface area (Å²) in [5, 5.41) is 0. The van der Waals surface area contributed by atoms with Gasteiger partial charge in [0.1, 0.15) is 5.78 Å². The van der Waals surface area contributed by atoms with Crippen LogP contribution >= 0.6 is 0 Å². The van der Waals surface area contributed by atoms with Crippen LogP contribution in [-0.2, 0) is 17.1 Å². The molecule has 0 heterocycles. The van der Waals surface area contributed by atoms with Gasteiger partial charge in [-0.2, -0.15) is 12.1 Å². The topological polar surface area (TPSA) is 17.1 Å². The van der Waals surface area contributed by atoms with Gasteiger partial charge >= 0.3 is 0 Å². The van der Waals surface area contributed by atoms with Crippen LogP contribution in [0.1, 0.15) is 43.0 Å². The van der Waals surface area contributed by atoms with Gasteiger partial charge in [-0.05, 0) is 6.42 Å². The molecule has 0 radical (unpaired) electrons. The van der Waals surface area contributed by atoms with Gasteiger partial charge in [-0.15, -0.1) is 18.2 Å². The zero-order valence-corrected chi connectivity index (χ0v) is 13.0. The van der Waals surface area contributed by atoms with E-state index in [0.717, 1.165) is 12.0 Å². The zero-order valence-electron chi connectivity index (χ0n) is 11.9. The summed E-state index contributed by atoms with van der Waals surface area (Å²) in [5.74, 6) is 0.117. The molecule has 0 aromatic heterocycles. The number of allylic oxidation sites excluding steroid dienone is 2. The molecule has 0 N–H and O–H groups in total. The maximum Gasteiger partial charge on any atom is 0.105 e. The third kappa shape index (κ3) is 8.68. The number of carbonyl (C=O) groups is 1. The number of hydrogen-bond acceptors (Lipinski definition) is 1. The number of carbonyl (C=O) groups excluding carboxylic acids is 1. The van der Waals surface area contributed by atoms with E-state index >= 15 is 0 Å². The van der Waals surface area contributed by atoms with Crippen LogP contribution in [0.25, 0.3) is 0 Å². The van der Waals surface area contributed by atoms with Gasteiger partial charge < -0.3 is 35.1 Å². The normalized spacial score (nSPS) is 9.65. The van der Waals surface area contributed by atoms with Crippen molar-refractivity contribution < 1.29 is 21.9 Å². The Kier molecular flexibility index (Phi) is 11.8. The quantitative estimate of drug-likeness (QED) is 0.238. The van der Waals surface area contributed by atoms with Gasteiger partial charge in [0, 0.05) is 17.1 Å². The number of rotatable bonds is 6. The minimum Gasteiger partial charge on any atom is -0.748 e. The average molecular weight is 310 g/mol. The van der Waals surface area contributed by atoms with Gasteiger partial charge in [-0.25, -0.2) is 0 Å². The van der Waals surface area contributed by atoms with Crippen LogP contribution in [-0.4, -0.2) is 5.78 Å². The van der Waals surface area contributed by atoms with E-state index in [4.69, 9.17) is 0 Å². The van der Waals surface area contributed by atoms with Crippen LogP contribution in [0.2, 0.25) is 0 Å². The molecule has 0 aliphatic carbocycles. The average Bonchev–Trinajstić information content (AvgIpc) is 3.13. The Morgan fingerprint density at radius 3 is 2.10 bits per heavy atom. The minimum atomic E-state index is 0. The molecule has 0 unspecified atom stereocenters. The Hall–Kier alpha value is -1.37. The predicted octanol–water partition coefficient (Wildman–Crippen LogP) is 5.13. The van der Waals surface area contributed by atoms with Crippen molar-refractivity contribution in [2.75, 3.05) is 0 Å². The van der Waals surface area contributed by atoms with Gasteiger partial charge in [-0.3, -0.25) is 0 Å². The molecule has 0 fully saturated rings. The summed E-state index contributed by atoms with van der Waals surface area (Å²) in [4.78, 5) is 11.5. The Bertz CT molecular complexity index is 421. The van der Waals surface area contributed by atoms with Crippen molar-refractivity contribution in [2.24, 2.45) is 0 Å². The summed E-state index contributed by atoms with van der Waals surface area (Å²) in [6.45, 7) is 2.18. The molecule has 0 bridgehead atoms. The zero-order chi connectivity index (χ0) is 13.8. The molecule has 2 aromatic carbocycles. The number of unbranched alkanes of at least 4 members (excludes halogenated alkanes) is 3. The van der Waals surface area contributed by atoms with Crippen LogP contribution in [0.4, 0.5) is 0 Å². The van der Waals surface area contributed by atoms with E-state index in [9.17, 15) is 4.79 Å². The summed E-state index contributed by atoms with van der Waals surface area (Å²) < 4.78 is 0.